The van der Waals surface area contributed by atoms with Crippen LogP contribution in [0.15, 0.2) is 18.2 Å². The van der Waals surface area contributed by atoms with Crippen molar-refractivity contribution in [2.45, 2.75) is 32.1 Å². The van der Waals surface area contributed by atoms with E-state index in [1.165, 1.54) is 17.5 Å². The van der Waals surface area contributed by atoms with Crippen LogP contribution in [0.25, 0.3) is 0 Å². The predicted molar refractivity (Wildman–Crippen MR) is 78.5 cm³/mol. The molecule has 1 saturated heterocycles. The van der Waals surface area contributed by atoms with Crippen LogP contribution in [0.5, 0.6) is 0 Å². The van der Waals surface area contributed by atoms with E-state index >= 15 is 0 Å². The molecule has 0 aromatic heterocycles. The van der Waals surface area contributed by atoms with Crippen LogP contribution in [-0.2, 0) is 27.5 Å². The van der Waals surface area contributed by atoms with E-state index in [0.717, 1.165) is 18.5 Å². The van der Waals surface area contributed by atoms with Crippen molar-refractivity contribution >= 4 is 21.4 Å². The summed E-state index contributed by atoms with van der Waals surface area (Å²) < 4.78 is 22.8. The van der Waals surface area contributed by atoms with Gasteiger partial charge in [-0.15, -0.1) is 0 Å². The monoisotopic (exact) mass is 293 g/mol. The smallest absolute Gasteiger partial charge is 0.224 e. The molecule has 0 saturated carbocycles. The van der Waals surface area contributed by atoms with Gasteiger partial charge in [-0.25, -0.2) is 8.42 Å². The van der Waals surface area contributed by atoms with Crippen LogP contribution in [-0.4, -0.2) is 25.8 Å². The number of benzene rings is 1. The van der Waals surface area contributed by atoms with Gasteiger partial charge in [-0.05, 0) is 54.9 Å². The summed E-state index contributed by atoms with van der Waals surface area (Å²) in [6.45, 7) is 0. The molecule has 2 aliphatic rings. The fourth-order valence-electron chi connectivity index (χ4n) is 3.16. The molecule has 0 radical (unpaired) electrons. The average Bonchev–Trinajstić information content (AvgIpc) is 2.95. The molecule has 1 aliphatic heterocycles. The first-order valence-electron chi connectivity index (χ1n) is 7.14. The van der Waals surface area contributed by atoms with Crippen molar-refractivity contribution in [1.82, 2.24) is 0 Å². The molecular weight excluding hydrogens is 274 g/mol. The lowest BCUT2D eigenvalue weighted by Gasteiger charge is -2.10. The lowest BCUT2D eigenvalue weighted by Crippen LogP contribution is -2.17. The highest BCUT2D eigenvalue weighted by molar-refractivity contribution is 7.91. The molecular formula is C15H19NO3S. The van der Waals surface area contributed by atoms with Crippen LogP contribution in [0.2, 0.25) is 0 Å². The Labute approximate surface area is 119 Å². The normalized spacial score (nSPS) is 23.5. The van der Waals surface area contributed by atoms with Crippen LogP contribution in [0.3, 0.4) is 0 Å². The van der Waals surface area contributed by atoms with E-state index in [2.05, 4.69) is 11.4 Å². The van der Waals surface area contributed by atoms with E-state index in [-0.39, 0.29) is 23.3 Å². The van der Waals surface area contributed by atoms with Crippen molar-refractivity contribution in [2.24, 2.45) is 5.92 Å². The summed E-state index contributed by atoms with van der Waals surface area (Å²) in [5.41, 5.74) is 3.53. The molecule has 1 N–H and O–H groups in total. The van der Waals surface area contributed by atoms with Crippen molar-refractivity contribution < 1.29 is 13.2 Å². The van der Waals surface area contributed by atoms with Crippen molar-refractivity contribution in [1.29, 1.82) is 0 Å². The Morgan fingerprint density at radius 3 is 2.80 bits per heavy atom. The number of sulfone groups is 1. The van der Waals surface area contributed by atoms with Gasteiger partial charge in [0.1, 0.15) is 0 Å². The standard InChI is InChI=1S/C15H19NO3S/c17-15(8-11-6-7-20(18,19)10-11)16-14-5-4-12-2-1-3-13(12)9-14/h4-5,9,11H,1-3,6-8,10H2,(H,16,17)/t11-/m1/s1. The minimum Gasteiger partial charge on any atom is -0.326 e. The number of carbonyl (C=O) groups excluding carboxylic acids is 1. The predicted octanol–water partition coefficient (Wildman–Crippen LogP) is 1.94. The Balaban J connectivity index is 1.59. The first-order chi connectivity index (χ1) is 9.52. The Hall–Kier alpha value is -1.36. The fraction of sp³-hybridized carbons (Fsp3) is 0.533. The molecule has 1 fully saturated rings. The minimum atomic E-state index is -2.90. The second-order valence-corrected chi connectivity index (χ2v) is 8.09. The van der Waals surface area contributed by atoms with E-state index in [1.807, 2.05) is 12.1 Å². The van der Waals surface area contributed by atoms with E-state index in [0.29, 0.717) is 12.8 Å². The summed E-state index contributed by atoms with van der Waals surface area (Å²) in [5, 5.41) is 2.89. The molecule has 1 heterocycles. The summed E-state index contributed by atoms with van der Waals surface area (Å²) in [6.07, 6.45) is 4.31. The third kappa shape index (κ3) is 3.03. The van der Waals surface area contributed by atoms with Crippen LogP contribution in [0.1, 0.15) is 30.4 Å². The number of fused-ring (bicyclic) bond motifs is 1. The Bertz CT molecular complexity index is 637. The SMILES string of the molecule is O=C(C[C@H]1CCS(=O)(=O)C1)Nc1ccc2c(c1)CCC2. The number of hydrogen-bond acceptors (Lipinski definition) is 3. The third-order valence-corrected chi connectivity index (χ3v) is 6.02. The van der Waals surface area contributed by atoms with E-state index in [1.54, 1.807) is 0 Å². The quantitative estimate of drug-likeness (QED) is 0.926. The summed E-state index contributed by atoms with van der Waals surface area (Å²) in [6, 6.07) is 6.07. The number of amides is 1. The van der Waals surface area contributed by atoms with Gasteiger partial charge in [-0.3, -0.25) is 4.79 Å². The van der Waals surface area contributed by atoms with Gasteiger partial charge in [-0.2, -0.15) is 0 Å². The number of aryl methyl sites for hydroxylation is 2. The minimum absolute atomic E-state index is 0.0190. The van der Waals surface area contributed by atoms with E-state index in [9.17, 15) is 13.2 Å². The lowest BCUT2D eigenvalue weighted by molar-refractivity contribution is -0.116. The van der Waals surface area contributed by atoms with Gasteiger partial charge in [-0.1, -0.05) is 6.07 Å². The van der Waals surface area contributed by atoms with Crippen LogP contribution < -0.4 is 5.32 Å². The van der Waals surface area contributed by atoms with E-state index in [4.69, 9.17) is 0 Å². The maximum Gasteiger partial charge on any atom is 0.224 e. The highest BCUT2D eigenvalue weighted by Gasteiger charge is 2.29. The zero-order valence-electron chi connectivity index (χ0n) is 11.4. The molecule has 0 bridgehead atoms. The number of nitrogens with one attached hydrogen (secondary N) is 1. The number of rotatable bonds is 3. The summed E-state index contributed by atoms with van der Waals surface area (Å²) in [4.78, 5) is 12.0. The highest BCUT2D eigenvalue weighted by atomic mass is 32.2. The van der Waals surface area contributed by atoms with Crippen molar-refractivity contribution in [2.75, 3.05) is 16.8 Å². The van der Waals surface area contributed by atoms with Gasteiger partial charge in [0.25, 0.3) is 0 Å². The number of hydrogen-bond donors (Lipinski definition) is 1. The van der Waals surface area contributed by atoms with Gasteiger partial charge >= 0.3 is 0 Å². The average molecular weight is 293 g/mol. The molecule has 1 aromatic rings. The van der Waals surface area contributed by atoms with Crippen molar-refractivity contribution in [3.8, 4) is 0 Å². The Morgan fingerprint density at radius 1 is 1.25 bits per heavy atom. The maximum absolute atomic E-state index is 12.0. The molecule has 1 aliphatic carbocycles. The van der Waals surface area contributed by atoms with Gasteiger partial charge in [0.2, 0.25) is 5.91 Å². The van der Waals surface area contributed by atoms with Gasteiger partial charge < -0.3 is 5.32 Å². The Kier molecular flexibility index (Phi) is 3.54. The lowest BCUT2D eigenvalue weighted by atomic mass is 10.0. The molecule has 1 amide bonds. The number of anilines is 1. The molecule has 20 heavy (non-hydrogen) atoms. The van der Waals surface area contributed by atoms with E-state index < -0.39 is 9.84 Å². The molecule has 0 spiro atoms. The van der Waals surface area contributed by atoms with Crippen LogP contribution in [0, 0.1) is 5.92 Å². The second-order valence-electron chi connectivity index (χ2n) is 5.86. The fourth-order valence-corrected chi connectivity index (χ4v) is 5.02. The zero-order valence-corrected chi connectivity index (χ0v) is 12.2. The van der Waals surface area contributed by atoms with Gasteiger partial charge in [0.05, 0.1) is 11.5 Å². The Morgan fingerprint density at radius 2 is 2.05 bits per heavy atom. The van der Waals surface area contributed by atoms with Crippen molar-refractivity contribution in [3.63, 3.8) is 0 Å². The van der Waals surface area contributed by atoms with Crippen LogP contribution >= 0.6 is 0 Å². The first kappa shape index (κ1) is 13.6. The first-order valence-corrected chi connectivity index (χ1v) is 8.96. The molecule has 4 nitrogen and oxygen atoms in total. The molecule has 3 rings (SSSR count). The van der Waals surface area contributed by atoms with Crippen LogP contribution in [0.4, 0.5) is 5.69 Å². The second kappa shape index (κ2) is 5.20. The highest BCUT2D eigenvalue weighted by Crippen LogP contribution is 2.26. The van der Waals surface area contributed by atoms with Gasteiger partial charge in [0.15, 0.2) is 9.84 Å². The molecule has 1 atom stereocenters. The number of carbonyl (C=O) groups is 1. The third-order valence-electron chi connectivity index (χ3n) is 4.18. The van der Waals surface area contributed by atoms with Crippen molar-refractivity contribution in [3.05, 3.63) is 29.3 Å². The maximum atomic E-state index is 12.0. The van der Waals surface area contributed by atoms with Gasteiger partial charge in [0, 0.05) is 12.1 Å². The zero-order chi connectivity index (χ0) is 14.2. The molecule has 5 heteroatoms. The summed E-state index contributed by atoms with van der Waals surface area (Å²) in [5.74, 6) is 0.286. The molecule has 1 aromatic carbocycles. The largest absolute Gasteiger partial charge is 0.326 e. The molecule has 108 valence electrons. The molecule has 0 unspecified atom stereocenters. The summed E-state index contributed by atoms with van der Waals surface area (Å²) >= 11 is 0. The topological polar surface area (TPSA) is 63.2 Å². The summed E-state index contributed by atoms with van der Waals surface area (Å²) in [7, 11) is -2.90.